The summed E-state index contributed by atoms with van der Waals surface area (Å²) in [6.07, 6.45) is 5.53. The van der Waals surface area contributed by atoms with E-state index in [1.807, 2.05) is 4.52 Å². The highest BCUT2D eigenvalue weighted by Gasteiger charge is 2.28. The van der Waals surface area contributed by atoms with E-state index in [1.165, 1.54) is 50.3 Å². The van der Waals surface area contributed by atoms with E-state index in [1.54, 1.807) is 6.33 Å². The Kier molecular flexibility index (Phi) is 4.16. The van der Waals surface area contributed by atoms with Crippen molar-refractivity contribution in [3.8, 4) is 0 Å². The van der Waals surface area contributed by atoms with Crippen molar-refractivity contribution < 1.29 is 0 Å². The second-order valence-corrected chi connectivity index (χ2v) is 8.02. The minimum atomic E-state index is 0.636. The SMILES string of the molecule is CC(C)CN1CCC(CN(C)c2cc(C3CC3)nn3cnnc23)C1. The number of hydrogen-bond donors (Lipinski definition) is 0. The second kappa shape index (κ2) is 6.31. The lowest BCUT2D eigenvalue weighted by atomic mass is 10.1. The van der Waals surface area contributed by atoms with Crippen LogP contribution in [0.15, 0.2) is 12.4 Å². The van der Waals surface area contributed by atoms with Gasteiger partial charge in [-0.3, -0.25) is 0 Å². The van der Waals surface area contributed by atoms with Crippen molar-refractivity contribution in [2.24, 2.45) is 11.8 Å². The van der Waals surface area contributed by atoms with E-state index >= 15 is 0 Å². The molecule has 2 fully saturated rings. The summed E-state index contributed by atoms with van der Waals surface area (Å²) >= 11 is 0. The van der Waals surface area contributed by atoms with Gasteiger partial charge in [-0.2, -0.15) is 9.61 Å². The van der Waals surface area contributed by atoms with Crippen LogP contribution in [0.1, 0.15) is 44.7 Å². The molecular weight excluding hydrogens is 300 g/mol. The van der Waals surface area contributed by atoms with Gasteiger partial charge >= 0.3 is 0 Å². The van der Waals surface area contributed by atoms with E-state index < -0.39 is 0 Å². The summed E-state index contributed by atoms with van der Waals surface area (Å²) < 4.78 is 1.85. The third-order valence-electron chi connectivity index (χ3n) is 5.20. The molecule has 0 aromatic carbocycles. The Morgan fingerprint density at radius 2 is 2.12 bits per heavy atom. The Balaban J connectivity index is 1.49. The van der Waals surface area contributed by atoms with E-state index in [0.717, 1.165) is 24.0 Å². The molecule has 0 N–H and O–H groups in total. The van der Waals surface area contributed by atoms with Gasteiger partial charge in [-0.1, -0.05) is 13.8 Å². The van der Waals surface area contributed by atoms with Crippen molar-refractivity contribution in [2.45, 2.75) is 39.0 Å². The minimum absolute atomic E-state index is 0.636. The summed E-state index contributed by atoms with van der Waals surface area (Å²) in [6.45, 7) is 9.35. The highest BCUT2D eigenvalue weighted by atomic mass is 15.4. The van der Waals surface area contributed by atoms with Crippen molar-refractivity contribution in [1.29, 1.82) is 0 Å². The number of fused-ring (bicyclic) bond motifs is 1. The van der Waals surface area contributed by atoms with Crippen LogP contribution >= 0.6 is 0 Å². The molecule has 6 nitrogen and oxygen atoms in total. The first-order valence-corrected chi connectivity index (χ1v) is 9.24. The minimum Gasteiger partial charge on any atom is -0.371 e. The summed E-state index contributed by atoms with van der Waals surface area (Å²) in [7, 11) is 2.19. The molecular formula is C18H28N6. The predicted octanol–water partition coefficient (Wildman–Crippen LogP) is 2.42. The van der Waals surface area contributed by atoms with Gasteiger partial charge in [-0.15, -0.1) is 10.2 Å². The maximum Gasteiger partial charge on any atom is 0.200 e. The standard InChI is InChI=1S/C18H28N6/c1-13(2)9-23-7-6-14(11-23)10-22(3)17-8-16(15-4-5-15)21-24-12-19-20-18(17)24/h8,12-15H,4-7,9-11H2,1-3H3. The number of rotatable bonds is 6. The average Bonchev–Trinajstić information content (AvgIpc) is 3.13. The molecule has 0 bridgehead atoms. The van der Waals surface area contributed by atoms with Crippen LogP contribution in [0.3, 0.4) is 0 Å². The molecule has 1 unspecified atom stereocenters. The molecule has 2 aliphatic rings. The lowest BCUT2D eigenvalue weighted by molar-refractivity contribution is 0.288. The molecule has 6 heteroatoms. The lowest BCUT2D eigenvalue weighted by Gasteiger charge is -2.24. The maximum absolute atomic E-state index is 4.67. The lowest BCUT2D eigenvalue weighted by Crippen LogP contribution is -2.30. The molecule has 24 heavy (non-hydrogen) atoms. The van der Waals surface area contributed by atoms with E-state index in [2.05, 4.69) is 52.1 Å². The Labute approximate surface area is 143 Å². The van der Waals surface area contributed by atoms with Gasteiger partial charge in [0.25, 0.3) is 0 Å². The molecule has 130 valence electrons. The first kappa shape index (κ1) is 15.8. The topological polar surface area (TPSA) is 49.6 Å². The fraction of sp³-hybridized carbons (Fsp3) is 0.722. The van der Waals surface area contributed by atoms with Crippen molar-refractivity contribution in [2.75, 3.05) is 38.1 Å². The molecule has 1 saturated carbocycles. The van der Waals surface area contributed by atoms with Gasteiger partial charge in [0.15, 0.2) is 0 Å². The molecule has 1 aliphatic carbocycles. The zero-order chi connectivity index (χ0) is 16.7. The van der Waals surface area contributed by atoms with E-state index in [0.29, 0.717) is 5.92 Å². The molecule has 1 saturated heterocycles. The van der Waals surface area contributed by atoms with Crippen LogP contribution in [0.5, 0.6) is 0 Å². The summed E-state index contributed by atoms with van der Waals surface area (Å²) in [4.78, 5) is 4.97. The fourth-order valence-electron chi connectivity index (χ4n) is 3.92. The van der Waals surface area contributed by atoms with Crippen LogP contribution in [0.25, 0.3) is 5.65 Å². The highest BCUT2D eigenvalue weighted by Crippen LogP contribution is 2.40. The number of hydrogen-bond acceptors (Lipinski definition) is 5. The molecule has 3 heterocycles. The molecule has 1 aliphatic heterocycles. The van der Waals surface area contributed by atoms with Gasteiger partial charge in [0, 0.05) is 32.6 Å². The van der Waals surface area contributed by atoms with Crippen molar-refractivity contribution in [1.82, 2.24) is 24.7 Å². The van der Waals surface area contributed by atoms with E-state index in [4.69, 9.17) is 0 Å². The molecule has 0 spiro atoms. The summed E-state index contributed by atoms with van der Waals surface area (Å²) in [5, 5.41) is 13.0. The maximum atomic E-state index is 4.67. The fourth-order valence-corrected chi connectivity index (χ4v) is 3.92. The second-order valence-electron chi connectivity index (χ2n) is 8.02. The van der Waals surface area contributed by atoms with Gasteiger partial charge in [0.05, 0.1) is 11.4 Å². The largest absolute Gasteiger partial charge is 0.371 e. The highest BCUT2D eigenvalue weighted by molar-refractivity contribution is 5.68. The van der Waals surface area contributed by atoms with Crippen LogP contribution < -0.4 is 4.90 Å². The number of likely N-dealkylation sites (tertiary alicyclic amines) is 1. The summed E-state index contributed by atoms with van der Waals surface area (Å²) in [6, 6.07) is 2.24. The predicted molar refractivity (Wildman–Crippen MR) is 95.4 cm³/mol. The molecule has 1 atom stereocenters. The van der Waals surface area contributed by atoms with Gasteiger partial charge in [-0.25, -0.2) is 0 Å². The molecule has 0 amide bonds. The molecule has 2 aromatic heterocycles. The first-order valence-electron chi connectivity index (χ1n) is 9.24. The molecule has 4 rings (SSSR count). The summed E-state index contributed by atoms with van der Waals surface area (Å²) in [5.41, 5.74) is 3.24. The van der Waals surface area contributed by atoms with Crippen LogP contribution in [0.4, 0.5) is 5.69 Å². The van der Waals surface area contributed by atoms with E-state index in [-0.39, 0.29) is 0 Å². The van der Waals surface area contributed by atoms with Gasteiger partial charge in [0.2, 0.25) is 5.65 Å². The van der Waals surface area contributed by atoms with Crippen LogP contribution in [-0.4, -0.2) is 57.9 Å². The van der Waals surface area contributed by atoms with Crippen LogP contribution in [0, 0.1) is 11.8 Å². The quantitative estimate of drug-likeness (QED) is 0.815. The van der Waals surface area contributed by atoms with Crippen molar-refractivity contribution in [3.63, 3.8) is 0 Å². The number of anilines is 1. The zero-order valence-corrected chi connectivity index (χ0v) is 15.0. The number of nitrogens with zero attached hydrogens (tertiary/aromatic N) is 6. The van der Waals surface area contributed by atoms with Crippen LogP contribution in [0.2, 0.25) is 0 Å². The Morgan fingerprint density at radius 3 is 2.88 bits per heavy atom. The van der Waals surface area contributed by atoms with Gasteiger partial charge in [0.1, 0.15) is 6.33 Å². The van der Waals surface area contributed by atoms with Gasteiger partial charge < -0.3 is 9.80 Å². The number of aromatic nitrogens is 4. The smallest absolute Gasteiger partial charge is 0.200 e. The third-order valence-corrected chi connectivity index (χ3v) is 5.20. The Bertz CT molecular complexity index is 705. The first-order chi connectivity index (χ1) is 11.6. The van der Waals surface area contributed by atoms with E-state index in [9.17, 15) is 0 Å². The zero-order valence-electron chi connectivity index (χ0n) is 15.0. The van der Waals surface area contributed by atoms with Gasteiger partial charge in [-0.05, 0) is 43.7 Å². The Hall–Kier alpha value is -1.69. The average molecular weight is 328 g/mol. The Morgan fingerprint density at radius 1 is 1.29 bits per heavy atom. The third kappa shape index (κ3) is 3.24. The summed E-state index contributed by atoms with van der Waals surface area (Å²) in [5.74, 6) is 2.12. The molecule has 0 radical (unpaired) electrons. The monoisotopic (exact) mass is 328 g/mol. The van der Waals surface area contributed by atoms with Crippen LogP contribution in [-0.2, 0) is 0 Å². The normalized spacial score (nSPS) is 21.9. The van der Waals surface area contributed by atoms with Crippen molar-refractivity contribution in [3.05, 3.63) is 18.1 Å². The van der Waals surface area contributed by atoms with Crippen molar-refractivity contribution >= 4 is 11.3 Å². The molecule has 2 aromatic rings.